The van der Waals surface area contributed by atoms with Crippen LogP contribution in [0.2, 0.25) is 0 Å². The zero-order valence-corrected chi connectivity index (χ0v) is 11.7. The van der Waals surface area contributed by atoms with Crippen LogP contribution in [-0.4, -0.2) is 42.1 Å². The molecule has 0 heterocycles. The minimum atomic E-state index is -1.09. The average molecular weight is 316 g/mol. The van der Waals surface area contributed by atoms with Crippen LogP contribution < -0.4 is 4.74 Å². The standard InChI is InChI=1S/C12H14BrNO4/c1-3-14(2)10(15)7-18-11-8(12(16)17)5-4-6-9(11)13/h4-6H,3,7H2,1-2H3,(H,16,17). The van der Waals surface area contributed by atoms with Crippen molar-refractivity contribution >= 4 is 27.8 Å². The molecule has 1 amide bonds. The van der Waals surface area contributed by atoms with Gasteiger partial charge in [-0.25, -0.2) is 4.79 Å². The summed E-state index contributed by atoms with van der Waals surface area (Å²) in [5.41, 5.74) is 0.0244. The van der Waals surface area contributed by atoms with Gasteiger partial charge in [-0.1, -0.05) is 6.07 Å². The SMILES string of the molecule is CCN(C)C(=O)COc1c(Br)cccc1C(=O)O. The molecular weight excluding hydrogens is 302 g/mol. The second-order valence-corrected chi connectivity index (χ2v) is 4.47. The fraction of sp³-hybridized carbons (Fsp3) is 0.333. The van der Waals surface area contributed by atoms with Gasteiger partial charge < -0.3 is 14.7 Å². The number of carboxylic acid groups (broad SMARTS) is 1. The monoisotopic (exact) mass is 315 g/mol. The molecule has 0 bridgehead atoms. The van der Waals surface area contributed by atoms with Gasteiger partial charge in [0.1, 0.15) is 11.3 Å². The van der Waals surface area contributed by atoms with E-state index in [1.54, 1.807) is 19.2 Å². The van der Waals surface area contributed by atoms with Crippen LogP contribution in [0, 0.1) is 0 Å². The molecular formula is C12H14BrNO4. The van der Waals surface area contributed by atoms with Crippen molar-refractivity contribution in [3.05, 3.63) is 28.2 Å². The number of rotatable bonds is 5. The summed E-state index contributed by atoms with van der Waals surface area (Å²) in [6.07, 6.45) is 0. The maximum Gasteiger partial charge on any atom is 0.339 e. The smallest absolute Gasteiger partial charge is 0.339 e. The number of hydrogen-bond acceptors (Lipinski definition) is 3. The van der Waals surface area contributed by atoms with E-state index in [1.165, 1.54) is 11.0 Å². The number of aromatic carboxylic acids is 1. The van der Waals surface area contributed by atoms with E-state index in [9.17, 15) is 9.59 Å². The summed E-state index contributed by atoms with van der Waals surface area (Å²) in [4.78, 5) is 24.1. The Kier molecular flexibility index (Phi) is 5.15. The molecule has 0 atom stereocenters. The molecule has 0 saturated heterocycles. The second-order valence-electron chi connectivity index (χ2n) is 3.62. The molecule has 0 saturated carbocycles. The van der Waals surface area contributed by atoms with Gasteiger partial charge in [0.2, 0.25) is 0 Å². The molecule has 0 aliphatic heterocycles. The minimum Gasteiger partial charge on any atom is -0.482 e. The number of carbonyl (C=O) groups excluding carboxylic acids is 1. The van der Waals surface area contributed by atoms with Gasteiger partial charge in [0.15, 0.2) is 6.61 Å². The minimum absolute atomic E-state index is 0.0244. The summed E-state index contributed by atoms with van der Waals surface area (Å²) >= 11 is 3.21. The first-order valence-corrected chi connectivity index (χ1v) is 6.15. The molecule has 0 aliphatic rings. The third kappa shape index (κ3) is 3.46. The Labute approximate surface area is 113 Å². The quantitative estimate of drug-likeness (QED) is 0.902. The normalized spacial score (nSPS) is 9.94. The number of hydrogen-bond donors (Lipinski definition) is 1. The highest BCUT2D eigenvalue weighted by molar-refractivity contribution is 9.10. The Balaban J connectivity index is 2.84. The van der Waals surface area contributed by atoms with Gasteiger partial charge in [0.05, 0.1) is 4.47 Å². The predicted molar refractivity (Wildman–Crippen MR) is 69.9 cm³/mol. The van der Waals surface area contributed by atoms with E-state index in [0.717, 1.165) is 0 Å². The lowest BCUT2D eigenvalue weighted by Gasteiger charge is -2.16. The highest BCUT2D eigenvalue weighted by atomic mass is 79.9. The summed E-state index contributed by atoms with van der Waals surface area (Å²) in [6.45, 7) is 2.23. The summed E-state index contributed by atoms with van der Waals surface area (Å²) in [6, 6.07) is 4.69. The van der Waals surface area contributed by atoms with Gasteiger partial charge in [-0.3, -0.25) is 4.79 Å². The van der Waals surface area contributed by atoms with Crippen LogP contribution >= 0.6 is 15.9 Å². The molecule has 1 aromatic carbocycles. The fourth-order valence-corrected chi connectivity index (χ4v) is 1.73. The van der Waals surface area contributed by atoms with Gasteiger partial charge in [0.25, 0.3) is 5.91 Å². The van der Waals surface area contributed by atoms with Crippen LogP contribution in [0.25, 0.3) is 0 Å². The van der Waals surface area contributed by atoms with Crippen molar-refractivity contribution in [2.45, 2.75) is 6.92 Å². The van der Waals surface area contributed by atoms with E-state index in [1.807, 2.05) is 6.92 Å². The molecule has 1 aromatic rings. The first-order chi connectivity index (χ1) is 8.47. The highest BCUT2D eigenvalue weighted by Gasteiger charge is 2.16. The maximum absolute atomic E-state index is 11.6. The Morgan fingerprint density at radius 2 is 2.11 bits per heavy atom. The Hall–Kier alpha value is -1.56. The lowest BCUT2D eigenvalue weighted by Crippen LogP contribution is -2.31. The van der Waals surface area contributed by atoms with Crippen LogP contribution in [0.5, 0.6) is 5.75 Å². The largest absolute Gasteiger partial charge is 0.482 e. The first kappa shape index (κ1) is 14.5. The molecule has 18 heavy (non-hydrogen) atoms. The third-order valence-corrected chi connectivity index (χ3v) is 3.06. The van der Waals surface area contributed by atoms with Crippen molar-refractivity contribution in [1.29, 1.82) is 0 Å². The fourth-order valence-electron chi connectivity index (χ4n) is 1.24. The number of ether oxygens (including phenoxy) is 1. The number of carboxylic acids is 1. The van der Waals surface area contributed by atoms with Gasteiger partial charge in [-0.2, -0.15) is 0 Å². The zero-order chi connectivity index (χ0) is 13.7. The summed E-state index contributed by atoms with van der Waals surface area (Å²) in [5, 5.41) is 9.01. The van der Waals surface area contributed by atoms with Crippen molar-refractivity contribution in [2.24, 2.45) is 0 Å². The number of carbonyl (C=O) groups is 2. The molecule has 5 nitrogen and oxygen atoms in total. The highest BCUT2D eigenvalue weighted by Crippen LogP contribution is 2.29. The molecule has 1 rings (SSSR count). The zero-order valence-electron chi connectivity index (χ0n) is 10.1. The van der Waals surface area contributed by atoms with E-state index >= 15 is 0 Å². The number of halogens is 1. The third-order valence-electron chi connectivity index (χ3n) is 2.44. The topological polar surface area (TPSA) is 66.8 Å². The van der Waals surface area contributed by atoms with E-state index < -0.39 is 5.97 Å². The average Bonchev–Trinajstić information content (AvgIpc) is 2.35. The Morgan fingerprint density at radius 1 is 1.44 bits per heavy atom. The van der Waals surface area contributed by atoms with Crippen LogP contribution in [0.15, 0.2) is 22.7 Å². The number of likely N-dealkylation sites (N-methyl/N-ethyl adjacent to an activating group) is 1. The molecule has 0 aliphatic carbocycles. The number of amides is 1. The van der Waals surface area contributed by atoms with Crippen LogP contribution in [-0.2, 0) is 4.79 Å². The summed E-state index contributed by atoms with van der Waals surface area (Å²) in [5.74, 6) is -1.13. The molecule has 6 heteroatoms. The molecule has 98 valence electrons. The maximum atomic E-state index is 11.6. The predicted octanol–water partition coefficient (Wildman–Crippen LogP) is 2.00. The molecule has 0 aromatic heterocycles. The van der Waals surface area contributed by atoms with Crippen LogP contribution in [0.4, 0.5) is 0 Å². The molecule has 1 N–H and O–H groups in total. The number of benzene rings is 1. The lowest BCUT2D eigenvalue weighted by atomic mass is 10.2. The van der Waals surface area contributed by atoms with Crippen molar-refractivity contribution < 1.29 is 19.4 Å². The molecule has 0 radical (unpaired) electrons. The van der Waals surface area contributed by atoms with E-state index in [2.05, 4.69) is 15.9 Å². The van der Waals surface area contributed by atoms with Crippen molar-refractivity contribution in [3.8, 4) is 5.75 Å². The van der Waals surface area contributed by atoms with Gasteiger partial charge in [-0.05, 0) is 35.0 Å². The Bertz CT molecular complexity index is 461. The Morgan fingerprint density at radius 3 is 2.67 bits per heavy atom. The van der Waals surface area contributed by atoms with Crippen molar-refractivity contribution in [1.82, 2.24) is 4.90 Å². The number of para-hydroxylation sites is 1. The summed E-state index contributed by atoms with van der Waals surface area (Å²) < 4.78 is 5.80. The van der Waals surface area contributed by atoms with Gasteiger partial charge >= 0.3 is 5.97 Å². The van der Waals surface area contributed by atoms with Crippen LogP contribution in [0.1, 0.15) is 17.3 Å². The number of nitrogens with zero attached hydrogens (tertiary/aromatic N) is 1. The summed E-state index contributed by atoms with van der Waals surface area (Å²) in [7, 11) is 1.66. The van der Waals surface area contributed by atoms with Crippen molar-refractivity contribution in [3.63, 3.8) is 0 Å². The molecule has 0 fully saturated rings. The van der Waals surface area contributed by atoms with Crippen molar-refractivity contribution in [2.75, 3.05) is 20.2 Å². The van der Waals surface area contributed by atoms with E-state index in [0.29, 0.717) is 11.0 Å². The van der Waals surface area contributed by atoms with E-state index in [4.69, 9.17) is 9.84 Å². The second kappa shape index (κ2) is 6.39. The lowest BCUT2D eigenvalue weighted by molar-refractivity contribution is -0.131. The molecule has 0 spiro atoms. The van der Waals surface area contributed by atoms with E-state index in [-0.39, 0.29) is 23.8 Å². The van der Waals surface area contributed by atoms with Gasteiger partial charge in [0, 0.05) is 13.6 Å². The molecule has 0 unspecified atom stereocenters. The van der Waals surface area contributed by atoms with Gasteiger partial charge in [-0.15, -0.1) is 0 Å². The van der Waals surface area contributed by atoms with Crippen LogP contribution in [0.3, 0.4) is 0 Å². The first-order valence-electron chi connectivity index (χ1n) is 5.36.